The number of para-hydroxylation sites is 2. The number of sulfonamides is 1. The van der Waals surface area contributed by atoms with Crippen LogP contribution < -0.4 is 24.7 Å². The van der Waals surface area contributed by atoms with E-state index in [-0.39, 0.29) is 16.7 Å². The first-order valence-electron chi connectivity index (χ1n) is 10.9. The van der Waals surface area contributed by atoms with Gasteiger partial charge >= 0.3 is 11.9 Å². The Morgan fingerprint density at radius 3 is 2.11 bits per heavy atom. The van der Waals surface area contributed by atoms with Crippen LogP contribution in [0.5, 0.6) is 17.2 Å². The standard InChI is InChI=1S/C20H28N2O5S.C4H4O4/c1-4-26-17-7-5-6-8-18(17)27-12-11-22-15(2)13-16-9-10-19(25-3)20(14-16)28(21,23)24;5-3(6)1-2-4(7)8/h5-10,14-15,22H,4,11-13H2,1-3H3,(H2,21,23,24);1-2H,(H,5,6)(H,7,8)/b;2-1-. The van der Waals surface area contributed by atoms with E-state index in [1.165, 1.54) is 7.11 Å². The molecule has 1 unspecified atom stereocenters. The summed E-state index contributed by atoms with van der Waals surface area (Å²) >= 11 is 0. The van der Waals surface area contributed by atoms with Crippen LogP contribution in [0.1, 0.15) is 19.4 Å². The highest BCUT2D eigenvalue weighted by Crippen LogP contribution is 2.26. The Morgan fingerprint density at radius 1 is 1.03 bits per heavy atom. The van der Waals surface area contributed by atoms with Gasteiger partial charge in [0.25, 0.3) is 0 Å². The van der Waals surface area contributed by atoms with Gasteiger partial charge in [0.2, 0.25) is 10.0 Å². The van der Waals surface area contributed by atoms with Gasteiger partial charge in [-0.25, -0.2) is 23.1 Å². The molecule has 5 N–H and O–H groups in total. The molecule has 2 aromatic carbocycles. The highest BCUT2D eigenvalue weighted by atomic mass is 32.2. The Bertz CT molecular complexity index is 1120. The summed E-state index contributed by atoms with van der Waals surface area (Å²) in [6, 6.07) is 12.7. The smallest absolute Gasteiger partial charge is 0.328 e. The highest BCUT2D eigenvalue weighted by molar-refractivity contribution is 7.89. The Morgan fingerprint density at radius 2 is 1.61 bits per heavy atom. The van der Waals surface area contributed by atoms with Gasteiger partial charge in [0.1, 0.15) is 17.3 Å². The van der Waals surface area contributed by atoms with E-state index < -0.39 is 22.0 Å². The fourth-order valence-electron chi connectivity index (χ4n) is 2.95. The molecule has 12 heteroatoms. The van der Waals surface area contributed by atoms with E-state index in [0.717, 1.165) is 11.3 Å². The summed E-state index contributed by atoms with van der Waals surface area (Å²) in [6.45, 7) is 5.66. The molecule has 2 aromatic rings. The van der Waals surface area contributed by atoms with E-state index in [9.17, 15) is 18.0 Å². The topological polar surface area (TPSA) is 174 Å². The average Bonchev–Trinajstić information content (AvgIpc) is 2.81. The van der Waals surface area contributed by atoms with Crippen molar-refractivity contribution in [1.29, 1.82) is 0 Å². The summed E-state index contributed by atoms with van der Waals surface area (Å²) in [4.78, 5) is 19.1. The van der Waals surface area contributed by atoms with Crippen LogP contribution >= 0.6 is 0 Å². The number of carboxylic acids is 2. The van der Waals surface area contributed by atoms with Crippen LogP contribution in [0.3, 0.4) is 0 Å². The fraction of sp³-hybridized carbons (Fsp3) is 0.333. The minimum atomic E-state index is -3.84. The Kier molecular flexibility index (Phi) is 13.0. The molecule has 0 radical (unpaired) electrons. The SMILES string of the molecule is CCOc1ccccc1OCCNC(C)Cc1ccc(OC)c(S(N)(=O)=O)c1.O=C(O)/C=C\C(=O)O. The maximum atomic E-state index is 11.7. The van der Waals surface area contributed by atoms with Gasteiger partial charge in [-0.15, -0.1) is 0 Å². The van der Waals surface area contributed by atoms with E-state index in [1.807, 2.05) is 44.2 Å². The lowest BCUT2D eigenvalue weighted by atomic mass is 10.1. The number of primary sulfonamides is 1. The molecule has 0 saturated carbocycles. The van der Waals surface area contributed by atoms with Gasteiger partial charge in [-0.1, -0.05) is 18.2 Å². The molecule has 0 fully saturated rings. The van der Waals surface area contributed by atoms with E-state index in [2.05, 4.69) is 5.32 Å². The van der Waals surface area contributed by atoms with Crippen LogP contribution in [0.4, 0.5) is 0 Å². The number of hydrogen-bond acceptors (Lipinski definition) is 8. The zero-order chi connectivity index (χ0) is 27.1. The van der Waals surface area contributed by atoms with Gasteiger partial charge in [-0.05, 0) is 50.1 Å². The van der Waals surface area contributed by atoms with Crippen LogP contribution in [-0.4, -0.2) is 63.5 Å². The number of nitrogens with two attached hydrogens (primary N) is 1. The quantitative estimate of drug-likeness (QED) is 0.224. The lowest BCUT2D eigenvalue weighted by molar-refractivity contribution is -0.134. The van der Waals surface area contributed by atoms with Crippen molar-refractivity contribution in [1.82, 2.24) is 5.32 Å². The van der Waals surface area contributed by atoms with E-state index in [4.69, 9.17) is 29.6 Å². The van der Waals surface area contributed by atoms with Crippen molar-refractivity contribution >= 4 is 22.0 Å². The molecule has 198 valence electrons. The van der Waals surface area contributed by atoms with Crippen molar-refractivity contribution in [2.75, 3.05) is 26.9 Å². The Balaban J connectivity index is 0.000000697. The Labute approximate surface area is 210 Å². The normalized spacial score (nSPS) is 11.8. The second-order valence-corrected chi connectivity index (χ2v) is 8.86. The van der Waals surface area contributed by atoms with Crippen molar-refractivity contribution in [3.05, 3.63) is 60.2 Å². The molecule has 11 nitrogen and oxygen atoms in total. The molecule has 1 atom stereocenters. The van der Waals surface area contributed by atoms with E-state index in [0.29, 0.717) is 44.1 Å². The van der Waals surface area contributed by atoms with Crippen LogP contribution in [0.2, 0.25) is 0 Å². The molecule has 36 heavy (non-hydrogen) atoms. The number of methoxy groups -OCH3 is 1. The van der Waals surface area contributed by atoms with Gasteiger partial charge in [0, 0.05) is 24.7 Å². The van der Waals surface area contributed by atoms with Crippen LogP contribution in [-0.2, 0) is 26.0 Å². The second-order valence-electron chi connectivity index (χ2n) is 7.33. The summed E-state index contributed by atoms with van der Waals surface area (Å²) in [6.07, 6.45) is 1.76. The third-order valence-corrected chi connectivity index (χ3v) is 5.38. The summed E-state index contributed by atoms with van der Waals surface area (Å²) in [5, 5.41) is 24.3. The molecular weight excluding hydrogens is 492 g/mol. The van der Waals surface area contributed by atoms with Gasteiger partial charge in [-0.3, -0.25) is 0 Å². The minimum absolute atomic E-state index is 0.00411. The maximum absolute atomic E-state index is 11.7. The van der Waals surface area contributed by atoms with E-state index in [1.54, 1.807) is 12.1 Å². The fourth-order valence-corrected chi connectivity index (χ4v) is 3.70. The molecule has 0 amide bonds. The molecule has 0 aliphatic rings. The third kappa shape index (κ3) is 11.7. The van der Waals surface area contributed by atoms with Gasteiger partial charge in [-0.2, -0.15) is 0 Å². The molecule has 0 aromatic heterocycles. The number of carboxylic acid groups (broad SMARTS) is 2. The number of benzene rings is 2. The summed E-state index contributed by atoms with van der Waals surface area (Å²) in [7, 11) is -2.43. The second kappa shape index (κ2) is 15.4. The first-order valence-corrected chi connectivity index (χ1v) is 12.4. The molecule has 0 heterocycles. The number of hydrogen-bond donors (Lipinski definition) is 4. The first-order chi connectivity index (χ1) is 17.0. The van der Waals surface area contributed by atoms with Gasteiger partial charge in [0.05, 0.1) is 13.7 Å². The summed E-state index contributed by atoms with van der Waals surface area (Å²) in [5.41, 5.74) is 0.854. The molecule has 0 bridgehead atoms. The molecule has 0 saturated heterocycles. The number of aliphatic carboxylic acids is 2. The van der Waals surface area contributed by atoms with Crippen molar-refractivity contribution in [3.63, 3.8) is 0 Å². The zero-order valence-corrected chi connectivity index (χ0v) is 21.2. The maximum Gasteiger partial charge on any atom is 0.328 e. The summed E-state index contributed by atoms with van der Waals surface area (Å²) in [5.74, 6) is -0.827. The molecular formula is C24H32N2O9S. The van der Waals surface area contributed by atoms with Crippen LogP contribution in [0.15, 0.2) is 59.5 Å². The van der Waals surface area contributed by atoms with Crippen molar-refractivity contribution in [2.24, 2.45) is 5.14 Å². The van der Waals surface area contributed by atoms with Crippen LogP contribution in [0.25, 0.3) is 0 Å². The molecule has 0 aliphatic heterocycles. The molecule has 2 rings (SSSR count). The number of rotatable bonds is 13. The minimum Gasteiger partial charge on any atom is -0.495 e. The van der Waals surface area contributed by atoms with E-state index >= 15 is 0 Å². The predicted octanol–water partition coefficient (Wildman–Crippen LogP) is 2.05. The Hall–Kier alpha value is -3.61. The van der Waals surface area contributed by atoms with Crippen molar-refractivity contribution in [2.45, 2.75) is 31.2 Å². The predicted molar refractivity (Wildman–Crippen MR) is 133 cm³/mol. The highest BCUT2D eigenvalue weighted by Gasteiger charge is 2.16. The van der Waals surface area contributed by atoms with Crippen molar-refractivity contribution in [3.8, 4) is 17.2 Å². The summed E-state index contributed by atoms with van der Waals surface area (Å²) < 4.78 is 39.9. The first kappa shape index (κ1) is 30.4. The van der Waals surface area contributed by atoms with Crippen molar-refractivity contribution < 1.29 is 42.4 Å². The zero-order valence-electron chi connectivity index (χ0n) is 20.3. The number of nitrogens with one attached hydrogen (secondary N) is 1. The number of carbonyl (C=O) groups is 2. The van der Waals surface area contributed by atoms with Gasteiger partial charge < -0.3 is 29.7 Å². The third-order valence-electron chi connectivity index (χ3n) is 4.45. The molecule has 0 aliphatic carbocycles. The lowest BCUT2D eigenvalue weighted by Gasteiger charge is -2.16. The monoisotopic (exact) mass is 524 g/mol. The largest absolute Gasteiger partial charge is 0.495 e. The van der Waals surface area contributed by atoms with Gasteiger partial charge in [0.15, 0.2) is 11.5 Å². The van der Waals surface area contributed by atoms with Crippen LogP contribution in [0, 0.1) is 0 Å². The number of ether oxygens (including phenoxy) is 3. The lowest BCUT2D eigenvalue weighted by Crippen LogP contribution is -2.32. The average molecular weight is 525 g/mol. The molecule has 0 spiro atoms.